The Labute approximate surface area is 355 Å². The molecule has 0 rings (SSSR count). The first-order valence-corrected chi connectivity index (χ1v) is 24.8. The highest BCUT2D eigenvalue weighted by Gasteiger charge is 2.26. The Kier molecular flexibility index (Phi) is 42.5. The predicted octanol–water partition coefficient (Wildman–Crippen LogP) is 13.7. The second-order valence-electron chi connectivity index (χ2n) is 15.2. The number of unbranched alkanes of at least 4 members (excludes halogenated alkanes) is 20. The van der Waals surface area contributed by atoms with Crippen LogP contribution in [-0.4, -0.2) is 49.3 Å². The minimum Gasteiger partial charge on any atom is -0.462 e. The summed E-state index contributed by atoms with van der Waals surface area (Å²) < 4.78 is 32.8. The molecule has 2 atom stereocenters. The zero-order chi connectivity index (χ0) is 42.5. The zero-order valence-corrected chi connectivity index (χ0v) is 37.9. The minimum atomic E-state index is -4.39. The lowest BCUT2D eigenvalue weighted by Gasteiger charge is -2.19. The summed E-state index contributed by atoms with van der Waals surface area (Å²) in [5.41, 5.74) is 5.35. The maximum Gasteiger partial charge on any atom is 0.472 e. The normalized spacial score (nSPS) is 13.8. The number of ether oxygens (including phenoxy) is 2. The first-order chi connectivity index (χ1) is 28.3. The van der Waals surface area contributed by atoms with E-state index in [0.29, 0.717) is 6.42 Å². The van der Waals surface area contributed by atoms with E-state index in [9.17, 15) is 19.0 Å². The van der Waals surface area contributed by atoms with Gasteiger partial charge in [-0.05, 0) is 77.0 Å². The SMILES string of the molecule is CC/C=C\C/C=C\C/C=C\C/C=C\CCCCCCCCC(=O)OC(COC(=O)CCCCCCCCC/C=C\CCCCCCCCC)COP(=O)(O)OCCN. The van der Waals surface area contributed by atoms with Gasteiger partial charge in [0.25, 0.3) is 0 Å². The van der Waals surface area contributed by atoms with Crippen molar-refractivity contribution in [3.05, 3.63) is 60.8 Å². The van der Waals surface area contributed by atoms with Gasteiger partial charge >= 0.3 is 19.8 Å². The molecule has 3 N–H and O–H groups in total. The Morgan fingerprint density at radius 3 is 1.43 bits per heavy atom. The van der Waals surface area contributed by atoms with Gasteiger partial charge in [-0.3, -0.25) is 18.6 Å². The van der Waals surface area contributed by atoms with E-state index in [0.717, 1.165) is 96.3 Å². The number of allylic oxidation sites excluding steroid dienone is 10. The van der Waals surface area contributed by atoms with E-state index < -0.39 is 32.5 Å². The van der Waals surface area contributed by atoms with Crippen molar-refractivity contribution in [1.29, 1.82) is 0 Å². The largest absolute Gasteiger partial charge is 0.472 e. The van der Waals surface area contributed by atoms with Gasteiger partial charge in [-0.25, -0.2) is 4.57 Å². The lowest BCUT2D eigenvalue weighted by atomic mass is 10.1. The summed E-state index contributed by atoms with van der Waals surface area (Å²) in [4.78, 5) is 35.0. The molecule has 0 bridgehead atoms. The molecule has 0 aliphatic heterocycles. The highest BCUT2D eigenvalue weighted by Crippen LogP contribution is 2.43. The molecule has 9 nitrogen and oxygen atoms in total. The summed E-state index contributed by atoms with van der Waals surface area (Å²) in [5.74, 6) is -0.850. The van der Waals surface area contributed by atoms with Crippen LogP contribution in [0.2, 0.25) is 0 Å². The zero-order valence-electron chi connectivity index (χ0n) is 37.0. The number of hydrogen-bond donors (Lipinski definition) is 2. The van der Waals surface area contributed by atoms with Crippen LogP contribution >= 0.6 is 7.82 Å². The number of rotatable bonds is 43. The molecule has 0 saturated heterocycles. The topological polar surface area (TPSA) is 134 Å². The smallest absolute Gasteiger partial charge is 0.462 e. The summed E-state index contributed by atoms with van der Waals surface area (Å²) in [6.45, 7) is 3.60. The van der Waals surface area contributed by atoms with Crippen LogP contribution in [0.3, 0.4) is 0 Å². The number of esters is 2. The average molecular weight is 836 g/mol. The highest BCUT2D eigenvalue weighted by molar-refractivity contribution is 7.47. The summed E-state index contributed by atoms with van der Waals surface area (Å²) in [6, 6.07) is 0. The van der Waals surface area contributed by atoms with Gasteiger partial charge in [-0.15, -0.1) is 0 Å². The van der Waals surface area contributed by atoms with Crippen LogP contribution in [0.5, 0.6) is 0 Å². The molecule has 0 aromatic heterocycles. The third kappa shape index (κ3) is 43.3. The van der Waals surface area contributed by atoms with E-state index in [2.05, 4.69) is 74.6 Å². The fourth-order valence-corrected chi connectivity index (χ4v) is 6.97. The summed E-state index contributed by atoms with van der Waals surface area (Å²) in [6.07, 6.45) is 52.5. The molecule has 0 radical (unpaired) electrons. The maximum atomic E-state index is 12.6. The second kappa shape index (κ2) is 44.3. The third-order valence-corrected chi connectivity index (χ3v) is 10.6. The van der Waals surface area contributed by atoms with Crippen molar-refractivity contribution in [2.24, 2.45) is 5.73 Å². The van der Waals surface area contributed by atoms with Gasteiger partial charge in [0.1, 0.15) is 6.61 Å². The number of phosphoric ester groups is 1. The van der Waals surface area contributed by atoms with Crippen LogP contribution in [0.4, 0.5) is 0 Å². The molecule has 58 heavy (non-hydrogen) atoms. The van der Waals surface area contributed by atoms with E-state index in [1.165, 1.54) is 70.6 Å². The molecule has 0 aliphatic carbocycles. The first-order valence-electron chi connectivity index (χ1n) is 23.3. The molecule has 0 spiro atoms. The summed E-state index contributed by atoms with van der Waals surface area (Å²) in [5, 5.41) is 0. The summed E-state index contributed by atoms with van der Waals surface area (Å²) in [7, 11) is -4.39. The first kappa shape index (κ1) is 55.7. The Morgan fingerprint density at radius 1 is 0.534 bits per heavy atom. The molecule has 0 aromatic carbocycles. The molecule has 0 saturated carbocycles. The molecule has 2 unspecified atom stereocenters. The molecule has 336 valence electrons. The van der Waals surface area contributed by atoms with Crippen LogP contribution < -0.4 is 5.73 Å². The number of phosphoric acid groups is 1. The molecule has 0 fully saturated rings. The van der Waals surface area contributed by atoms with E-state index in [-0.39, 0.29) is 32.6 Å². The van der Waals surface area contributed by atoms with Crippen LogP contribution in [-0.2, 0) is 32.7 Å². The van der Waals surface area contributed by atoms with Gasteiger partial charge in [-0.2, -0.15) is 0 Å². The van der Waals surface area contributed by atoms with Crippen LogP contribution in [0.25, 0.3) is 0 Å². The van der Waals surface area contributed by atoms with Crippen LogP contribution in [0.15, 0.2) is 60.8 Å². The van der Waals surface area contributed by atoms with Gasteiger partial charge in [0.15, 0.2) is 6.10 Å². The molecule has 10 heteroatoms. The number of nitrogens with two attached hydrogens (primary N) is 1. The van der Waals surface area contributed by atoms with Crippen LogP contribution in [0.1, 0.15) is 200 Å². The van der Waals surface area contributed by atoms with E-state index in [4.69, 9.17) is 24.3 Å². The van der Waals surface area contributed by atoms with Gasteiger partial charge in [0, 0.05) is 19.4 Å². The monoisotopic (exact) mass is 836 g/mol. The molecule has 0 amide bonds. The van der Waals surface area contributed by atoms with E-state index in [1.54, 1.807) is 0 Å². The number of hydrogen-bond acceptors (Lipinski definition) is 8. The Balaban J connectivity index is 4.15. The fraction of sp³-hybridized carbons (Fsp3) is 0.750. The lowest BCUT2D eigenvalue weighted by molar-refractivity contribution is -0.161. The Hall–Kier alpha value is -2.29. The highest BCUT2D eigenvalue weighted by atomic mass is 31.2. The Bertz CT molecular complexity index is 1130. The molecular formula is C48H86NO8P. The quantitative estimate of drug-likeness (QED) is 0.0266. The van der Waals surface area contributed by atoms with Gasteiger partial charge in [-0.1, -0.05) is 171 Å². The minimum absolute atomic E-state index is 0.0479. The fourth-order valence-electron chi connectivity index (χ4n) is 6.21. The third-order valence-electron chi connectivity index (χ3n) is 9.64. The molecule has 0 heterocycles. The van der Waals surface area contributed by atoms with Crippen molar-refractivity contribution < 1.29 is 37.6 Å². The standard InChI is InChI=1S/C48H86NO8P/c1-3-5-7-9-11-13-15-17-19-21-23-25-27-29-31-33-35-37-39-41-48(51)57-46(45-56-58(52,53)55-43-42-49)44-54-47(50)40-38-36-34-32-30-28-26-24-22-20-18-16-14-12-10-8-6-4-2/h5,7,11,13,17,19-20,22-23,25,46H,3-4,6,8-10,12,14-16,18,21,24,26-45,49H2,1-2H3,(H,52,53)/b7-5-,13-11-,19-17-,22-20-,25-23-. The summed E-state index contributed by atoms with van der Waals surface area (Å²) >= 11 is 0. The van der Waals surface area contributed by atoms with E-state index in [1.807, 2.05) is 0 Å². The van der Waals surface area contributed by atoms with Gasteiger partial charge < -0.3 is 20.1 Å². The van der Waals surface area contributed by atoms with Crippen molar-refractivity contribution >= 4 is 19.8 Å². The number of carbonyl (C=O) groups excluding carboxylic acids is 2. The second-order valence-corrected chi connectivity index (χ2v) is 16.7. The van der Waals surface area contributed by atoms with Crippen molar-refractivity contribution in [2.75, 3.05) is 26.4 Å². The van der Waals surface area contributed by atoms with Crippen molar-refractivity contribution in [1.82, 2.24) is 0 Å². The Morgan fingerprint density at radius 2 is 0.948 bits per heavy atom. The number of carbonyl (C=O) groups is 2. The van der Waals surface area contributed by atoms with Crippen molar-refractivity contribution in [3.8, 4) is 0 Å². The van der Waals surface area contributed by atoms with Gasteiger partial charge in [0.05, 0.1) is 13.2 Å². The van der Waals surface area contributed by atoms with Crippen LogP contribution in [0, 0.1) is 0 Å². The predicted molar refractivity (Wildman–Crippen MR) is 243 cm³/mol. The molecular weight excluding hydrogens is 750 g/mol. The lowest BCUT2D eigenvalue weighted by Crippen LogP contribution is -2.29. The van der Waals surface area contributed by atoms with Crippen molar-refractivity contribution in [2.45, 2.75) is 206 Å². The molecule has 0 aliphatic rings. The molecule has 0 aromatic rings. The maximum absolute atomic E-state index is 12.6. The van der Waals surface area contributed by atoms with E-state index >= 15 is 0 Å². The van der Waals surface area contributed by atoms with Crippen molar-refractivity contribution in [3.63, 3.8) is 0 Å². The average Bonchev–Trinajstić information content (AvgIpc) is 3.21. The van der Waals surface area contributed by atoms with Gasteiger partial charge in [0.2, 0.25) is 0 Å².